The van der Waals surface area contributed by atoms with Crippen LogP contribution in [0.15, 0.2) is 54.9 Å². The first-order valence-electron chi connectivity index (χ1n) is 5.93. The molecule has 0 spiro atoms. The molecule has 2 aromatic heterocycles. The van der Waals surface area contributed by atoms with Crippen molar-refractivity contribution in [1.29, 1.82) is 0 Å². The molecule has 0 aliphatic rings. The van der Waals surface area contributed by atoms with E-state index in [1.807, 2.05) is 53.2 Å². The van der Waals surface area contributed by atoms with Crippen LogP contribution >= 0.6 is 0 Å². The van der Waals surface area contributed by atoms with Crippen molar-refractivity contribution >= 4 is 5.65 Å². The zero-order valence-electron chi connectivity index (χ0n) is 10.2. The number of pyridine rings is 1. The van der Waals surface area contributed by atoms with E-state index in [1.165, 1.54) is 5.56 Å². The minimum absolute atomic E-state index is 0.491. The fraction of sp³-hybridized carbons (Fsp3) is 0.133. The van der Waals surface area contributed by atoms with Crippen LogP contribution in [0.25, 0.3) is 5.65 Å². The Labute approximate surface area is 106 Å². The van der Waals surface area contributed by atoms with Gasteiger partial charge in [-0.2, -0.15) is 0 Å². The minimum atomic E-state index is 0.491. The minimum Gasteiger partial charge on any atom is -0.487 e. The Hall–Kier alpha value is -2.29. The summed E-state index contributed by atoms with van der Waals surface area (Å²) in [4.78, 5) is 4.49. The number of hydrogen-bond donors (Lipinski definition) is 0. The molecule has 0 saturated carbocycles. The molecule has 0 atom stereocenters. The van der Waals surface area contributed by atoms with Crippen LogP contribution in [0, 0.1) is 6.92 Å². The van der Waals surface area contributed by atoms with E-state index in [0.29, 0.717) is 6.61 Å². The second kappa shape index (κ2) is 4.53. The number of nitrogens with zero attached hydrogens (tertiary/aromatic N) is 2. The van der Waals surface area contributed by atoms with E-state index in [1.54, 1.807) is 0 Å². The Balaban J connectivity index is 1.76. The van der Waals surface area contributed by atoms with Gasteiger partial charge in [-0.3, -0.25) is 0 Å². The van der Waals surface area contributed by atoms with E-state index in [9.17, 15) is 0 Å². The van der Waals surface area contributed by atoms with Crippen molar-refractivity contribution in [2.24, 2.45) is 0 Å². The van der Waals surface area contributed by atoms with E-state index < -0.39 is 0 Å². The third kappa shape index (κ3) is 2.20. The molecule has 3 nitrogen and oxygen atoms in total. The predicted octanol–water partition coefficient (Wildman–Crippen LogP) is 3.22. The Morgan fingerprint density at radius 3 is 2.94 bits per heavy atom. The predicted molar refractivity (Wildman–Crippen MR) is 70.7 cm³/mol. The van der Waals surface area contributed by atoms with Crippen molar-refractivity contribution < 1.29 is 4.74 Å². The molecule has 3 rings (SSSR count). The van der Waals surface area contributed by atoms with Gasteiger partial charge in [0, 0.05) is 12.4 Å². The summed E-state index contributed by atoms with van der Waals surface area (Å²) in [7, 11) is 0. The molecule has 1 aromatic carbocycles. The van der Waals surface area contributed by atoms with Crippen LogP contribution in [0.5, 0.6) is 5.75 Å². The number of fused-ring (bicyclic) bond motifs is 1. The largest absolute Gasteiger partial charge is 0.487 e. The second-order valence-corrected chi connectivity index (χ2v) is 4.30. The molecular formula is C15H14N2O. The fourth-order valence-electron chi connectivity index (χ4n) is 1.92. The summed E-state index contributed by atoms with van der Waals surface area (Å²) in [5.41, 5.74) is 3.07. The summed E-state index contributed by atoms with van der Waals surface area (Å²) in [6.45, 7) is 2.54. The van der Waals surface area contributed by atoms with Crippen LogP contribution in [0.1, 0.15) is 11.3 Å². The van der Waals surface area contributed by atoms with Gasteiger partial charge in [-0.05, 0) is 36.8 Å². The van der Waals surface area contributed by atoms with Crippen LogP contribution in [0.3, 0.4) is 0 Å². The number of rotatable bonds is 3. The van der Waals surface area contributed by atoms with E-state index in [2.05, 4.69) is 18.0 Å². The van der Waals surface area contributed by atoms with Crippen LogP contribution in [0.2, 0.25) is 0 Å². The van der Waals surface area contributed by atoms with Crippen molar-refractivity contribution in [3.63, 3.8) is 0 Å². The number of benzene rings is 1. The molecule has 3 aromatic rings. The molecule has 90 valence electrons. The molecule has 2 heterocycles. The SMILES string of the molecule is Cc1cccc(OCc2cn3ccccc3n2)c1. The number of hydrogen-bond acceptors (Lipinski definition) is 2. The van der Waals surface area contributed by atoms with Crippen molar-refractivity contribution in [2.45, 2.75) is 13.5 Å². The first-order valence-corrected chi connectivity index (χ1v) is 5.93. The maximum atomic E-state index is 5.73. The van der Waals surface area contributed by atoms with Gasteiger partial charge in [0.15, 0.2) is 0 Å². The molecule has 0 bridgehead atoms. The molecule has 0 fully saturated rings. The quantitative estimate of drug-likeness (QED) is 0.700. The zero-order chi connectivity index (χ0) is 12.4. The van der Waals surface area contributed by atoms with Gasteiger partial charge < -0.3 is 9.14 Å². The summed E-state index contributed by atoms with van der Waals surface area (Å²) in [5.74, 6) is 0.882. The lowest BCUT2D eigenvalue weighted by Gasteiger charge is -2.04. The average Bonchev–Trinajstić information content (AvgIpc) is 2.79. The van der Waals surface area contributed by atoms with Gasteiger partial charge in [0.25, 0.3) is 0 Å². The number of aromatic nitrogens is 2. The van der Waals surface area contributed by atoms with Gasteiger partial charge in [0.2, 0.25) is 0 Å². The van der Waals surface area contributed by atoms with E-state index in [4.69, 9.17) is 4.74 Å². The standard InChI is InChI=1S/C15H14N2O/c1-12-5-4-6-14(9-12)18-11-13-10-17-8-3-2-7-15(17)16-13/h2-10H,11H2,1H3. The molecule has 18 heavy (non-hydrogen) atoms. The maximum Gasteiger partial charge on any atom is 0.137 e. The molecule has 0 amide bonds. The summed E-state index contributed by atoms with van der Waals surface area (Å²) >= 11 is 0. The van der Waals surface area contributed by atoms with E-state index >= 15 is 0 Å². The highest BCUT2D eigenvalue weighted by Crippen LogP contribution is 2.14. The van der Waals surface area contributed by atoms with Gasteiger partial charge in [0.05, 0.1) is 5.69 Å². The molecule has 0 radical (unpaired) electrons. The van der Waals surface area contributed by atoms with Crippen LogP contribution < -0.4 is 4.74 Å². The van der Waals surface area contributed by atoms with E-state index in [-0.39, 0.29) is 0 Å². The summed E-state index contributed by atoms with van der Waals surface area (Å²) in [5, 5.41) is 0. The Kier molecular flexibility index (Phi) is 2.73. The van der Waals surface area contributed by atoms with Gasteiger partial charge in [-0.15, -0.1) is 0 Å². The molecule has 0 N–H and O–H groups in total. The second-order valence-electron chi connectivity index (χ2n) is 4.30. The number of imidazole rings is 1. The van der Waals surface area contributed by atoms with Gasteiger partial charge in [-0.25, -0.2) is 4.98 Å². The third-order valence-electron chi connectivity index (χ3n) is 2.79. The van der Waals surface area contributed by atoms with Gasteiger partial charge in [0.1, 0.15) is 18.0 Å². The van der Waals surface area contributed by atoms with Crippen molar-refractivity contribution in [3.8, 4) is 5.75 Å². The van der Waals surface area contributed by atoms with Crippen LogP contribution in [-0.4, -0.2) is 9.38 Å². The van der Waals surface area contributed by atoms with Crippen molar-refractivity contribution in [3.05, 3.63) is 66.1 Å². The molecule has 0 unspecified atom stereocenters. The zero-order valence-corrected chi connectivity index (χ0v) is 10.2. The van der Waals surface area contributed by atoms with E-state index in [0.717, 1.165) is 17.1 Å². The lowest BCUT2D eigenvalue weighted by molar-refractivity contribution is 0.302. The topological polar surface area (TPSA) is 26.5 Å². The molecule has 0 saturated heterocycles. The molecule has 0 aliphatic carbocycles. The van der Waals surface area contributed by atoms with Gasteiger partial charge in [-0.1, -0.05) is 18.2 Å². The summed E-state index contributed by atoms with van der Waals surface area (Å²) in [6, 6.07) is 14.0. The number of aryl methyl sites for hydroxylation is 1. The first-order chi connectivity index (χ1) is 8.81. The highest BCUT2D eigenvalue weighted by Gasteiger charge is 2.01. The maximum absolute atomic E-state index is 5.73. The van der Waals surface area contributed by atoms with Crippen molar-refractivity contribution in [1.82, 2.24) is 9.38 Å². The Morgan fingerprint density at radius 1 is 1.17 bits per heavy atom. The Bertz CT molecular complexity index is 640. The fourth-order valence-corrected chi connectivity index (χ4v) is 1.92. The van der Waals surface area contributed by atoms with Crippen LogP contribution in [0.4, 0.5) is 0 Å². The highest BCUT2D eigenvalue weighted by atomic mass is 16.5. The van der Waals surface area contributed by atoms with Crippen LogP contribution in [-0.2, 0) is 6.61 Å². The number of ether oxygens (including phenoxy) is 1. The lowest BCUT2D eigenvalue weighted by atomic mass is 10.2. The average molecular weight is 238 g/mol. The smallest absolute Gasteiger partial charge is 0.137 e. The summed E-state index contributed by atoms with van der Waals surface area (Å²) < 4.78 is 7.72. The first kappa shape index (κ1) is 10.8. The van der Waals surface area contributed by atoms with Crippen molar-refractivity contribution in [2.75, 3.05) is 0 Å². The highest BCUT2D eigenvalue weighted by molar-refractivity contribution is 5.39. The molecule has 0 aliphatic heterocycles. The normalized spacial score (nSPS) is 10.7. The lowest BCUT2D eigenvalue weighted by Crippen LogP contribution is -1.95. The summed E-state index contributed by atoms with van der Waals surface area (Å²) in [6.07, 6.45) is 3.98. The molecular weight excluding hydrogens is 224 g/mol. The molecule has 3 heteroatoms. The monoisotopic (exact) mass is 238 g/mol. The Morgan fingerprint density at radius 2 is 2.11 bits per heavy atom. The van der Waals surface area contributed by atoms with Gasteiger partial charge >= 0.3 is 0 Å². The third-order valence-corrected chi connectivity index (χ3v) is 2.79.